The van der Waals surface area contributed by atoms with E-state index in [9.17, 15) is 9.59 Å². The monoisotopic (exact) mass is 258 g/mol. The van der Waals surface area contributed by atoms with Gasteiger partial charge < -0.3 is 20.9 Å². The van der Waals surface area contributed by atoms with Crippen molar-refractivity contribution in [3.63, 3.8) is 0 Å². The Labute approximate surface area is 107 Å². The van der Waals surface area contributed by atoms with Gasteiger partial charge in [-0.15, -0.1) is 0 Å². The van der Waals surface area contributed by atoms with Crippen LogP contribution < -0.4 is 11.1 Å². The number of aliphatic carboxylic acids is 1. The molecule has 0 heterocycles. The van der Waals surface area contributed by atoms with Crippen molar-refractivity contribution in [1.82, 2.24) is 5.32 Å². The van der Waals surface area contributed by atoms with E-state index >= 15 is 0 Å². The molecular formula is C12H22N2O4. The molecule has 6 heteroatoms. The normalized spacial score (nSPS) is 19.9. The molecule has 1 amide bonds. The lowest BCUT2D eigenvalue weighted by Crippen LogP contribution is -2.57. The molecule has 0 aromatic heterocycles. The molecule has 0 saturated heterocycles. The molecule has 0 radical (unpaired) electrons. The minimum Gasteiger partial charge on any atom is -0.480 e. The number of methoxy groups -OCH3 is 1. The smallest absolute Gasteiger partial charge is 0.326 e. The van der Waals surface area contributed by atoms with Crippen molar-refractivity contribution in [3.05, 3.63) is 0 Å². The van der Waals surface area contributed by atoms with Gasteiger partial charge in [0, 0.05) is 13.7 Å². The Morgan fingerprint density at radius 1 is 1.56 bits per heavy atom. The number of hydrogen-bond donors (Lipinski definition) is 3. The minimum absolute atomic E-state index is 0.172. The van der Waals surface area contributed by atoms with Crippen LogP contribution in [0.2, 0.25) is 0 Å². The largest absolute Gasteiger partial charge is 0.480 e. The van der Waals surface area contributed by atoms with Gasteiger partial charge in [0.05, 0.1) is 5.54 Å². The van der Waals surface area contributed by atoms with Gasteiger partial charge in [0.25, 0.3) is 0 Å². The molecule has 1 aliphatic carbocycles. The number of carbonyl (C=O) groups is 2. The van der Waals surface area contributed by atoms with Crippen LogP contribution in [-0.2, 0) is 14.3 Å². The van der Waals surface area contributed by atoms with Gasteiger partial charge in [-0.25, -0.2) is 4.79 Å². The standard InChI is InChI=1S/C12H22N2O4/c1-12(13,8-5-6-8)11(17)14-9(10(15)16)4-3-7-18-2/h8-9H,3-7,13H2,1-2H3,(H,14,17)(H,15,16). The maximum absolute atomic E-state index is 12.0. The molecule has 1 fully saturated rings. The molecule has 1 aliphatic rings. The summed E-state index contributed by atoms with van der Waals surface area (Å²) in [5.74, 6) is -1.24. The van der Waals surface area contributed by atoms with E-state index in [0.717, 1.165) is 12.8 Å². The quantitative estimate of drug-likeness (QED) is 0.536. The molecular weight excluding hydrogens is 236 g/mol. The highest BCUT2D eigenvalue weighted by Crippen LogP contribution is 2.38. The topological polar surface area (TPSA) is 102 Å². The summed E-state index contributed by atoms with van der Waals surface area (Å²) in [5.41, 5.74) is 4.98. The molecule has 1 rings (SSSR count). The van der Waals surface area contributed by atoms with E-state index in [0.29, 0.717) is 19.4 Å². The summed E-state index contributed by atoms with van der Waals surface area (Å²) in [5, 5.41) is 11.6. The van der Waals surface area contributed by atoms with E-state index in [1.165, 1.54) is 0 Å². The zero-order valence-electron chi connectivity index (χ0n) is 10.9. The van der Waals surface area contributed by atoms with Gasteiger partial charge in [0.15, 0.2) is 0 Å². The van der Waals surface area contributed by atoms with Gasteiger partial charge in [-0.2, -0.15) is 0 Å². The van der Waals surface area contributed by atoms with Gasteiger partial charge >= 0.3 is 5.97 Å². The fourth-order valence-electron chi connectivity index (χ4n) is 1.87. The summed E-state index contributed by atoms with van der Waals surface area (Å²) in [6.07, 6.45) is 2.79. The number of rotatable bonds is 8. The second kappa shape index (κ2) is 6.15. The molecule has 1 saturated carbocycles. The average Bonchev–Trinajstić information content (AvgIpc) is 3.11. The maximum Gasteiger partial charge on any atom is 0.326 e. The predicted molar refractivity (Wildman–Crippen MR) is 66.0 cm³/mol. The van der Waals surface area contributed by atoms with Crippen LogP contribution in [0.5, 0.6) is 0 Å². The van der Waals surface area contributed by atoms with Crippen LogP contribution in [0.1, 0.15) is 32.6 Å². The molecule has 18 heavy (non-hydrogen) atoms. The third kappa shape index (κ3) is 3.96. The van der Waals surface area contributed by atoms with Crippen LogP contribution in [0, 0.1) is 5.92 Å². The van der Waals surface area contributed by atoms with Gasteiger partial charge in [-0.05, 0) is 38.5 Å². The van der Waals surface area contributed by atoms with E-state index in [1.807, 2.05) is 0 Å². The number of carboxylic acids is 1. The summed E-state index contributed by atoms with van der Waals surface area (Å²) >= 11 is 0. The Morgan fingerprint density at radius 2 is 2.17 bits per heavy atom. The lowest BCUT2D eigenvalue weighted by atomic mass is 9.95. The highest BCUT2D eigenvalue weighted by Gasteiger charge is 2.44. The average molecular weight is 258 g/mol. The molecule has 2 unspecified atom stereocenters. The third-order valence-corrected chi connectivity index (χ3v) is 3.36. The Morgan fingerprint density at radius 3 is 2.61 bits per heavy atom. The van der Waals surface area contributed by atoms with Crippen molar-refractivity contribution in [2.45, 2.75) is 44.2 Å². The fraction of sp³-hybridized carbons (Fsp3) is 0.833. The van der Waals surface area contributed by atoms with Crippen LogP contribution in [0.3, 0.4) is 0 Å². The van der Waals surface area contributed by atoms with Crippen molar-refractivity contribution in [2.24, 2.45) is 11.7 Å². The number of amides is 1. The second-order valence-electron chi connectivity index (χ2n) is 5.06. The lowest BCUT2D eigenvalue weighted by Gasteiger charge is -2.25. The zero-order valence-corrected chi connectivity index (χ0v) is 10.9. The van der Waals surface area contributed by atoms with Crippen LogP contribution in [0.4, 0.5) is 0 Å². The van der Waals surface area contributed by atoms with Crippen LogP contribution in [0.25, 0.3) is 0 Å². The van der Waals surface area contributed by atoms with Crippen molar-refractivity contribution in [3.8, 4) is 0 Å². The molecule has 0 aromatic rings. The molecule has 0 bridgehead atoms. The first-order chi connectivity index (χ1) is 8.39. The molecule has 4 N–H and O–H groups in total. The summed E-state index contributed by atoms with van der Waals surface area (Å²) in [6, 6.07) is -0.894. The van der Waals surface area contributed by atoms with Crippen molar-refractivity contribution < 1.29 is 19.4 Å². The number of carbonyl (C=O) groups excluding carboxylic acids is 1. The van der Waals surface area contributed by atoms with Crippen LogP contribution in [0.15, 0.2) is 0 Å². The van der Waals surface area contributed by atoms with Gasteiger partial charge in [0.2, 0.25) is 5.91 Å². The molecule has 0 aromatic carbocycles. The van der Waals surface area contributed by atoms with Crippen molar-refractivity contribution >= 4 is 11.9 Å². The number of carboxylic acid groups (broad SMARTS) is 1. The van der Waals surface area contributed by atoms with E-state index in [4.69, 9.17) is 15.6 Å². The number of hydrogen-bond acceptors (Lipinski definition) is 4. The van der Waals surface area contributed by atoms with Crippen molar-refractivity contribution in [2.75, 3.05) is 13.7 Å². The highest BCUT2D eigenvalue weighted by atomic mass is 16.5. The zero-order chi connectivity index (χ0) is 13.8. The summed E-state index contributed by atoms with van der Waals surface area (Å²) in [4.78, 5) is 23.0. The first-order valence-electron chi connectivity index (χ1n) is 6.21. The highest BCUT2D eigenvalue weighted by molar-refractivity contribution is 5.90. The Balaban J connectivity index is 2.49. The van der Waals surface area contributed by atoms with E-state index in [1.54, 1.807) is 14.0 Å². The van der Waals surface area contributed by atoms with Gasteiger partial charge in [0.1, 0.15) is 6.04 Å². The Bertz CT molecular complexity index is 313. The van der Waals surface area contributed by atoms with Crippen LogP contribution in [-0.4, -0.2) is 42.3 Å². The number of nitrogens with two attached hydrogens (primary N) is 1. The summed E-state index contributed by atoms with van der Waals surface area (Å²) < 4.78 is 4.86. The first-order valence-corrected chi connectivity index (χ1v) is 6.21. The molecule has 6 nitrogen and oxygen atoms in total. The Kier molecular flexibility index (Phi) is 5.10. The molecule has 104 valence electrons. The predicted octanol–water partition coefficient (Wildman–Crippen LogP) is 0.110. The maximum atomic E-state index is 12.0. The van der Waals surface area contributed by atoms with Gasteiger partial charge in [-0.3, -0.25) is 4.79 Å². The lowest BCUT2D eigenvalue weighted by molar-refractivity contribution is -0.143. The Hall–Kier alpha value is -1.14. The van der Waals surface area contributed by atoms with E-state index in [-0.39, 0.29) is 11.8 Å². The van der Waals surface area contributed by atoms with E-state index < -0.39 is 17.6 Å². The molecule has 0 spiro atoms. The minimum atomic E-state index is -1.04. The summed E-state index contributed by atoms with van der Waals surface area (Å²) in [6.45, 7) is 2.14. The number of nitrogens with one attached hydrogen (secondary N) is 1. The number of ether oxygens (including phenoxy) is 1. The van der Waals surface area contributed by atoms with E-state index in [2.05, 4.69) is 5.32 Å². The molecule has 2 atom stereocenters. The SMILES string of the molecule is COCCCC(NC(=O)C(C)(N)C1CC1)C(=O)O. The van der Waals surface area contributed by atoms with Gasteiger partial charge in [-0.1, -0.05) is 0 Å². The molecule has 0 aliphatic heterocycles. The van der Waals surface area contributed by atoms with Crippen molar-refractivity contribution in [1.29, 1.82) is 0 Å². The third-order valence-electron chi connectivity index (χ3n) is 3.36. The first kappa shape index (κ1) is 14.9. The van der Waals surface area contributed by atoms with Crippen LogP contribution >= 0.6 is 0 Å². The fourth-order valence-corrected chi connectivity index (χ4v) is 1.87. The summed E-state index contributed by atoms with van der Waals surface area (Å²) in [7, 11) is 1.55. The second-order valence-corrected chi connectivity index (χ2v) is 5.06.